The summed E-state index contributed by atoms with van der Waals surface area (Å²) in [6, 6.07) is 7.65. The van der Waals surface area contributed by atoms with Gasteiger partial charge in [0.25, 0.3) is 0 Å². The Morgan fingerprint density at radius 2 is 1.30 bits per heavy atom. The molecule has 0 amide bonds. The van der Waals surface area contributed by atoms with Crippen molar-refractivity contribution in [3.05, 3.63) is 53.6 Å². The fraction of sp³-hybridized carbons (Fsp3) is 0.250. The van der Waals surface area contributed by atoms with Gasteiger partial charge in [-0.2, -0.15) is 26.3 Å². The second kappa shape index (κ2) is 5.79. The Hall–Kier alpha value is -2.18. The second-order valence-electron chi connectivity index (χ2n) is 5.17. The minimum atomic E-state index is -4.63. The van der Waals surface area contributed by atoms with Crippen LogP contribution in [0.4, 0.5) is 32.0 Å². The van der Waals surface area contributed by atoms with Gasteiger partial charge in [-0.3, -0.25) is 0 Å². The summed E-state index contributed by atoms with van der Waals surface area (Å²) in [6.07, 6.45) is -9.16. The molecule has 0 saturated heterocycles. The van der Waals surface area contributed by atoms with E-state index < -0.39 is 23.5 Å². The predicted molar refractivity (Wildman–Crippen MR) is 76.2 cm³/mol. The third-order valence-electron chi connectivity index (χ3n) is 3.33. The van der Waals surface area contributed by atoms with E-state index in [2.05, 4.69) is 0 Å². The van der Waals surface area contributed by atoms with E-state index in [0.717, 1.165) is 24.3 Å². The summed E-state index contributed by atoms with van der Waals surface area (Å²) in [6.45, 7) is 0. The topological polar surface area (TPSA) is 3.24 Å². The summed E-state index contributed by atoms with van der Waals surface area (Å²) in [5.41, 5.74) is -1.90. The van der Waals surface area contributed by atoms with Gasteiger partial charge >= 0.3 is 12.4 Å². The summed E-state index contributed by atoms with van der Waals surface area (Å²) < 4.78 is 78.0. The highest BCUT2D eigenvalue weighted by atomic mass is 19.4. The first-order valence-corrected chi connectivity index (χ1v) is 6.57. The molecule has 0 aliphatic heterocycles. The van der Waals surface area contributed by atoms with E-state index >= 15 is 0 Å². The maximum Gasteiger partial charge on any atom is 0.418 e. The molecule has 0 spiro atoms. The standard InChI is InChI=1S/C16H13F6N/c1-23(2)13-5-3-4-12(14(13)16(20,21)22)10-6-8-11(9-7-10)15(17,18)19/h3-9H,1-2H3. The van der Waals surface area contributed by atoms with Gasteiger partial charge in [-0.15, -0.1) is 0 Å². The van der Waals surface area contributed by atoms with Gasteiger partial charge in [0, 0.05) is 19.8 Å². The molecule has 2 aromatic rings. The van der Waals surface area contributed by atoms with E-state index in [4.69, 9.17) is 0 Å². The van der Waals surface area contributed by atoms with Crippen LogP contribution in [0, 0.1) is 0 Å². The highest BCUT2D eigenvalue weighted by Crippen LogP contribution is 2.43. The molecule has 124 valence electrons. The van der Waals surface area contributed by atoms with Crippen LogP contribution in [0.3, 0.4) is 0 Å². The summed E-state index contributed by atoms with van der Waals surface area (Å²) >= 11 is 0. The van der Waals surface area contributed by atoms with Crippen LogP contribution in [0.2, 0.25) is 0 Å². The summed E-state index contributed by atoms with van der Waals surface area (Å²) in [5.74, 6) is 0. The molecule has 23 heavy (non-hydrogen) atoms. The average Bonchev–Trinajstić information content (AvgIpc) is 2.44. The van der Waals surface area contributed by atoms with Gasteiger partial charge in [-0.1, -0.05) is 24.3 Å². The van der Waals surface area contributed by atoms with E-state index in [1.807, 2.05) is 0 Å². The lowest BCUT2D eigenvalue weighted by Gasteiger charge is -2.22. The number of hydrogen-bond donors (Lipinski definition) is 0. The van der Waals surface area contributed by atoms with Gasteiger partial charge in [0.15, 0.2) is 0 Å². The molecule has 1 nitrogen and oxygen atoms in total. The maximum atomic E-state index is 13.4. The molecule has 2 aromatic carbocycles. The summed E-state index contributed by atoms with van der Waals surface area (Å²) in [4.78, 5) is 1.32. The predicted octanol–water partition coefficient (Wildman–Crippen LogP) is 5.46. The highest BCUT2D eigenvalue weighted by Gasteiger charge is 2.37. The van der Waals surface area contributed by atoms with Gasteiger partial charge < -0.3 is 4.90 Å². The highest BCUT2D eigenvalue weighted by molar-refractivity contribution is 5.75. The Bertz CT molecular complexity index is 683. The SMILES string of the molecule is CN(C)c1cccc(-c2ccc(C(F)(F)F)cc2)c1C(F)(F)F. The van der Waals surface area contributed by atoms with Crippen molar-refractivity contribution in [3.63, 3.8) is 0 Å². The quantitative estimate of drug-likeness (QED) is 0.660. The first-order valence-electron chi connectivity index (χ1n) is 6.57. The van der Waals surface area contributed by atoms with Crippen molar-refractivity contribution < 1.29 is 26.3 Å². The average molecular weight is 333 g/mol. The van der Waals surface area contributed by atoms with E-state index in [9.17, 15) is 26.3 Å². The van der Waals surface area contributed by atoms with Crippen molar-refractivity contribution in [2.45, 2.75) is 12.4 Å². The molecule has 7 heteroatoms. The van der Waals surface area contributed by atoms with Crippen molar-refractivity contribution in [2.24, 2.45) is 0 Å². The zero-order valence-corrected chi connectivity index (χ0v) is 12.3. The Balaban J connectivity index is 2.62. The van der Waals surface area contributed by atoms with Gasteiger partial charge in [0.2, 0.25) is 0 Å². The molecule has 0 unspecified atom stereocenters. The minimum Gasteiger partial charge on any atom is -0.377 e. The van der Waals surface area contributed by atoms with Crippen LogP contribution in [0.1, 0.15) is 11.1 Å². The molecule has 0 atom stereocenters. The van der Waals surface area contributed by atoms with E-state index in [1.165, 1.54) is 37.2 Å². The number of benzene rings is 2. The van der Waals surface area contributed by atoms with Crippen LogP contribution >= 0.6 is 0 Å². The number of halogens is 6. The van der Waals surface area contributed by atoms with E-state index in [1.54, 1.807) is 0 Å². The molecule has 2 rings (SSSR count). The molecular weight excluding hydrogens is 320 g/mol. The lowest BCUT2D eigenvalue weighted by molar-refractivity contribution is -0.138. The molecule has 0 aliphatic carbocycles. The number of anilines is 1. The first-order chi connectivity index (χ1) is 10.5. The number of alkyl halides is 6. The molecule has 0 N–H and O–H groups in total. The van der Waals surface area contributed by atoms with Gasteiger partial charge in [0.05, 0.1) is 11.1 Å². The van der Waals surface area contributed by atoms with Gasteiger partial charge in [0.1, 0.15) is 0 Å². The fourth-order valence-electron chi connectivity index (χ4n) is 2.29. The molecule has 0 saturated carbocycles. The molecule has 0 heterocycles. The van der Waals surface area contributed by atoms with E-state index in [0.29, 0.717) is 0 Å². The normalized spacial score (nSPS) is 12.3. The van der Waals surface area contributed by atoms with Gasteiger partial charge in [-0.25, -0.2) is 0 Å². The van der Waals surface area contributed by atoms with Gasteiger partial charge in [-0.05, 0) is 29.3 Å². The van der Waals surface area contributed by atoms with E-state index in [-0.39, 0.29) is 16.8 Å². The van der Waals surface area contributed by atoms with Crippen molar-refractivity contribution in [1.29, 1.82) is 0 Å². The van der Waals surface area contributed by atoms with Crippen molar-refractivity contribution in [2.75, 3.05) is 19.0 Å². The Kier molecular flexibility index (Phi) is 4.32. The summed E-state index contributed by atoms with van der Waals surface area (Å²) in [5, 5.41) is 0. The molecule has 0 aromatic heterocycles. The monoisotopic (exact) mass is 333 g/mol. The summed E-state index contributed by atoms with van der Waals surface area (Å²) in [7, 11) is 2.95. The molecule has 0 aliphatic rings. The van der Waals surface area contributed by atoms with Crippen LogP contribution < -0.4 is 4.90 Å². The van der Waals surface area contributed by atoms with Crippen LogP contribution in [-0.4, -0.2) is 14.1 Å². The zero-order chi connectivity index (χ0) is 17.4. The van der Waals surface area contributed by atoms with Crippen LogP contribution in [0.25, 0.3) is 11.1 Å². The Labute approximate surface area is 129 Å². The maximum absolute atomic E-state index is 13.4. The first kappa shape index (κ1) is 17.2. The van der Waals surface area contributed by atoms with Crippen molar-refractivity contribution in [1.82, 2.24) is 0 Å². The molecular formula is C16H13F6N. The largest absolute Gasteiger partial charge is 0.418 e. The smallest absolute Gasteiger partial charge is 0.377 e. The van der Waals surface area contributed by atoms with Crippen LogP contribution in [0.5, 0.6) is 0 Å². The van der Waals surface area contributed by atoms with Crippen LogP contribution in [-0.2, 0) is 12.4 Å². The molecule has 0 fully saturated rings. The second-order valence-corrected chi connectivity index (χ2v) is 5.17. The lowest BCUT2D eigenvalue weighted by Crippen LogP contribution is -2.17. The fourth-order valence-corrected chi connectivity index (χ4v) is 2.29. The molecule has 0 bridgehead atoms. The number of rotatable bonds is 2. The Morgan fingerprint density at radius 1 is 0.739 bits per heavy atom. The third kappa shape index (κ3) is 3.60. The van der Waals surface area contributed by atoms with Crippen LogP contribution in [0.15, 0.2) is 42.5 Å². The number of hydrogen-bond acceptors (Lipinski definition) is 1. The third-order valence-corrected chi connectivity index (χ3v) is 3.33. The van der Waals surface area contributed by atoms with Crippen molar-refractivity contribution >= 4 is 5.69 Å². The number of nitrogens with zero attached hydrogens (tertiary/aromatic N) is 1. The lowest BCUT2D eigenvalue weighted by atomic mass is 9.96. The molecule has 0 radical (unpaired) electrons. The van der Waals surface area contributed by atoms with Crippen molar-refractivity contribution in [3.8, 4) is 11.1 Å². The minimum absolute atomic E-state index is 0.0464. The zero-order valence-electron chi connectivity index (χ0n) is 12.3. The Morgan fingerprint density at radius 3 is 1.74 bits per heavy atom.